The monoisotopic (exact) mass is 217 g/mol. The van der Waals surface area contributed by atoms with E-state index >= 15 is 0 Å². The zero-order chi connectivity index (χ0) is 12.2. The van der Waals surface area contributed by atoms with Crippen molar-refractivity contribution in [3.63, 3.8) is 0 Å². The van der Waals surface area contributed by atoms with E-state index < -0.39 is 0 Å². The lowest BCUT2D eigenvalue weighted by atomic mass is 9.92. The van der Waals surface area contributed by atoms with Crippen LogP contribution in [0.15, 0.2) is 30.3 Å². The number of nitrogens with zero attached hydrogens (tertiary/aromatic N) is 1. The van der Waals surface area contributed by atoms with Crippen LogP contribution >= 0.6 is 0 Å². The van der Waals surface area contributed by atoms with Crippen molar-refractivity contribution in [1.29, 1.82) is 0 Å². The Labute approximate surface area is 99.8 Å². The summed E-state index contributed by atoms with van der Waals surface area (Å²) in [5.74, 6) is 0. The van der Waals surface area contributed by atoms with Crippen molar-refractivity contribution >= 4 is 11.8 Å². The van der Waals surface area contributed by atoms with Gasteiger partial charge in [-0.25, -0.2) is 0 Å². The van der Waals surface area contributed by atoms with Gasteiger partial charge in [0.15, 0.2) is 0 Å². The molecule has 1 rings (SSSR count). The molecule has 1 aromatic rings. The van der Waals surface area contributed by atoms with Crippen LogP contribution in [0.25, 0.3) is 6.08 Å². The number of anilines is 1. The van der Waals surface area contributed by atoms with Gasteiger partial charge in [-0.1, -0.05) is 45.1 Å². The Bertz CT molecular complexity index is 339. The van der Waals surface area contributed by atoms with Gasteiger partial charge in [-0.2, -0.15) is 0 Å². The highest BCUT2D eigenvalue weighted by Crippen LogP contribution is 2.20. The average molecular weight is 217 g/mol. The van der Waals surface area contributed by atoms with E-state index in [2.05, 4.69) is 76.2 Å². The van der Waals surface area contributed by atoms with E-state index in [1.807, 2.05) is 0 Å². The number of allylic oxidation sites excluding steroid dienone is 1. The van der Waals surface area contributed by atoms with Crippen LogP contribution in [-0.4, -0.2) is 14.1 Å². The van der Waals surface area contributed by atoms with Crippen LogP contribution in [0.2, 0.25) is 0 Å². The van der Waals surface area contributed by atoms with Crippen molar-refractivity contribution in [2.24, 2.45) is 5.41 Å². The molecule has 0 saturated carbocycles. The van der Waals surface area contributed by atoms with Gasteiger partial charge < -0.3 is 4.90 Å². The fourth-order valence-electron chi connectivity index (χ4n) is 1.43. The Morgan fingerprint density at radius 3 is 2.06 bits per heavy atom. The van der Waals surface area contributed by atoms with Crippen molar-refractivity contribution in [2.75, 3.05) is 19.0 Å². The molecule has 0 bridgehead atoms. The minimum Gasteiger partial charge on any atom is -0.378 e. The van der Waals surface area contributed by atoms with E-state index in [1.165, 1.54) is 11.3 Å². The molecule has 0 aliphatic carbocycles. The Morgan fingerprint density at radius 1 is 1.06 bits per heavy atom. The summed E-state index contributed by atoms with van der Waals surface area (Å²) in [5, 5.41) is 0. The van der Waals surface area contributed by atoms with Crippen molar-refractivity contribution in [1.82, 2.24) is 0 Å². The largest absolute Gasteiger partial charge is 0.378 e. The molecule has 0 radical (unpaired) electrons. The first kappa shape index (κ1) is 12.8. The van der Waals surface area contributed by atoms with E-state index in [1.54, 1.807) is 0 Å². The maximum atomic E-state index is 2.26. The fraction of sp³-hybridized carbons (Fsp3) is 0.467. The summed E-state index contributed by atoms with van der Waals surface area (Å²) in [6, 6.07) is 8.62. The topological polar surface area (TPSA) is 3.24 Å². The summed E-state index contributed by atoms with van der Waals surface area (Å²) in [6.45, 7) is 6.77. The highest BCUT2D eigenvalue weighted by atomic mass is 15.1. The normalized spacial score (nSPS) is 12.1. The number of hydrogen-bond acceptors (Lipinski definition) is 1. The lowest BCUT2D eigenvalue weighted by molar-refractivity contribution is 0.421. The van der Waals surface area contributed by atoms with Gasteiger partial charge >= 0.3 is 0 Å². The maximum Gasteiger partial charge on any atom is 0.0361 e. The van der Waals surface area contributed by atoms with Crippen molar-refractivity contribution in [3.05, 3.63) is 35.9 Å². The molecule has 0 saturated heterocycles. The van der Waals surface area contributed by atoms with E-state index in [0.717, 1.165) is 6.42 Å². The predicted octanol–water partition coefficient (Wildman–Crippen LogP) is 4.20. The van der Waals surface area contributed by atoms with E-state index in [9.17, 15) is 0 Å². The molecule has 0 aromatic heterocycles. The maximum absolute atomic E-state index is 2.26. The molecule has 1 aromatic carbocycles. The van der Waals surface area contributed by atoms with Gasteiger partial charge in [0.05, 0.1) is 0 Å². The number of benzene rings is 1. The number of hydrogen-bond donors (Lipinski definition) is 0. The fourth-order valence-corrected chi connectivity index (χ4v) is 1.43. The summed E-state index contributed by atoms with van der Waals surface area (Å²) >= 11 is 0. The van der Waals surface area contributed by atoms with Gasteiger partial charge in [-0.3, -0.25) is 0 Å². The van der Waals surface area contributed by atoms with E-state index in [0.29, 0.717) is 5.41 Å². The molecule has 16 heavy (non-hydrogen) atoms. The van der Waals surface area contributed by atoms with Crippen LogP contribution in [-0.2, 0) is 0 Å². The van der Waals surface area contributed by atoms with Gasteiger partial charge in [-0.15, -0.1) is 0 Å². The van der Waals surface area contributed by atoms with Crippen LogP contribution in [0, 0.1) is 5.41 Å². The van der Waals surface area contributed by atoms with Gasteiger partial charge in [0.25, 0.3) is 0 Å². The highest BCUT2D eigenvalue weighted by Gasteiger charge is 2.06. The zero-order valence-corrected chi connectivity index (χ0v) is 11.1. The Balaban J connectivity index is 2.62. The summed E-state index contributed by atoms with van der Waals surface area (Å²) in [5.41, 5.74) is 2.89. The van der Waals surface area contributed by atoms with Crippen LogP contribution in [0.5, 0.6) is 0 Å². The summed E-state index contributed by atoms with van der Waals surface area (Å²) in [7, 11) is 4.12. The molecule has 0 heterocycles. The molecular formula is C15H23N. The molecular weight excluding hydrogens is 194 g/mol. The molecule has 88 valence electrons. The van der Waals surface area contributed by atoms with Crippen LogP contribution in [0.4, 0.5) is 5.69 Å². The molecule has 1 heteroatoms. The summed E-state index contributed by atoms with van der Waals surface area (Å²) in [4.78, 5) is 2.11. The second-order valence-electron chi connectivity index (χ2n) is 5.65. The lowest BCUT2D eigenvalue weighted by Crippen LogP contribution is -2.07. The first-order valence-electron chi connectivity index (χ1n) is 5.82. The summed E-state index contributed by atoms with van der Waals surface area (Å²) < 4.78 is 0. The third-order valence-electron chi connectivity index (χ3n) is 2.45. The quantitative estimate of drug-likeness (QED) is 0.733. The van der Waals surface area contributed by atoms with Crippen molar-refractivity contribution in [3.8, 4) is 0 Å². The standard InChI is InChI=1S/C15H23N/c1-15(2,3)12-6-7-13-8-10-14(11-9-13)16(4)5/h6-11H,12H2,1-5H3/b7-6+. The number of rotatable bonds is 3. The molecule has 0 aliphatic rings. The minimum atomic E-state index is 0.375. The Kier molecular flexibility index (Phi) is 4.17. The average Bonchev–Trinajstić information content (AvgIpc) is 2.16. The second-order valence-corrected chi connectivity index (χ2v) is 5.65. The summed E-state index contributed by atoms with van der Waals surface area (Å²) in [6.07, 6.45) is 5.57. The molecule has 0 unspecified atom stereocenters. The van der Waals surface area contributed by atoms with Crippen LogP contribution < -0.4 is 4.90 Å². The molecule has 0 aliphatic heterocycles. The zero-order valence-electron chi connectivity index (χ0n) is 11.1. The Hall–Kier alpha value is -1.24. The lowest BCUT2D eigenvalue weighted by Gasteiger charge is -2.14. The Morgan fingerprint density at radius 2 is 1.62 bits per heavy atom. The van der Waals surface area contributed by atoms with E-state index in [-0.39, 0.29) is 0 Å². The molecule has 1 nitrogen and oxygen atoms in total. The molecule has 0 fully saturated rings. The molecule has 0 spiro atoms. The van der Waals surface area contributed by atoms with Crippen molar-refractivity contribution in [2.45, 2.75) is 27.2 Å². The highest BCUT2D eigenvalue weighted by molar-refractivity contribution is 5.55. The predicted molar refractivity (Wildman–Crippen MR) is 73.9 cm³/mol. The second kappa shape index (κ2) is 5.20. The van der Waals surface area contributed by atoms with Gasteiger partial charge in [0.1, 0.15) is 0 Å². The molecule has 0 N–H and O–H groups in total. The first-order valence-corrected chi connectivity index (χ1v) is 5.82. The van der Waals surface area contributed by atoms with Gasteiger partial charge in [0, 0.05) is 19.8 Å². The minimum absolute atomic E-state index is 0.375. The van der Waals surface area contributed by atoms with E-state index in [4.69, 9.17) is 0 Å². The smallest absolute Gasteiger partial charge is 0.0361 e. The van der Waals surface area contributed by atoms with Gasteiger partial charge in [-0.05, 0) is 29.5 Å². The third-order valence-corrected chi connectivity index (χ3v) is 2.45. The third kappa shape index (κ3) is 4.52. The van der Waals surface area contributed by atoms with Crippen molar-refractivity contribution < 1.29 is 0 Å². The molecule has 0 atom stereocenters. The van der Waals surface area contributed by atoms with Crippen LogP contribution in [0.3, 0.4) is 0 Å². The van der Waals surface area contributed by atoms with Gasteiger partial charge in [0.2, 0.25) is 0 Å². The molecule has 0 amide bonds. The SMILES string of the molecule is CN(C)c1ccc(/C=C/CC(C)(C)C)cc1. The van der Waals surface area contributed by atoms with Crippen LogP contribution in [0.1, 0.15) is 32.8 Å². The first-order chi connectivity index (χ1) is 7.38.